The fraction of sp³-hybridized carbons (Fsp3) is 0.353. The standard InChI is InChI=1S/C17H22N6O/c1-3-4-10-24-17-21-14(18)13-15(22-17)23(16(19-2)20-13)11-12-8-6-5-7-9-12/h5-9H,3-4,10-11H2,1-2H3,(H,19,20)(H2,18,21,22). The van der Waals surface area contributed by atoms with E-state index >= 15 is 0 Å². The summed E-state index contributed by atoms with van der Waals surface area (Å²) in [7, 11) is 1.82. The van der Waals surface area contributed by atoms with Crippen LogP contribution in [-0.2, 0) is 6.54 Å². The highest BCUT2D eigenvalue weighted by atomic mass is 16.5. The number of nitrogen functional groups attached to an aromatic ring is 1. The van der Waals surface area contributed by atoms with Crippen molar-refractivity contribution in [2.75, 3.05) is 24.7 Å². The minimum Gasteiger partial charge on any atom is -0.463 e. The fourth-order valence-corrected chi connectivity index (χ4v) is 2.48. The van der Waals surface area contributed by atoms with Crippen LogP contribution < -0.4 is 15.8 Å². The van der Waals surface area contributed by atoms with Crippen molar-refractivity contribution in [3.8, 4) is 6.01 Å². The van der Waals surface area contributed by atoms with Crippen LogP contribution in [-0.4, -0.2) is 33.2 Å². The summed E-state index contributed by atoms with van der Waals surface area (Å²) in [5.41, 5.74) is 8.46. The molecule has 0 saturated heterocycles. The summed E-state index contributed by atoms with van der Waals surface area (Å²) in [5.74, 6) is 1.02. The largest absolute Gasteiger partial charge is 0.463 e. The zero-order valence-corrected chi connectivity index (χ0v) is 14.0. The third kappa shape index (κ3) is 3.24. The van der Waals surface area contributed by atoms with Crippen molar-refractivity contribution in [1.29, 1.82) is 0 Å². The highest BCUT2D eigenvalue weighted by molar-refractivity contribution is 5.84. The monoisotopic (exact) mass is 326 g/mol. The first kappa shape index (κ1) is 16.0. The Hall–Kier alpha value is -2.83. The Morgan fingerprint density at radius 1 is 1.17 bits per heavy atom. The maximum absolute atomic E-state index is 6.06. The van der Waals surface area contributed by atoms with Crippen molar-refractivity contribution in [3.63, 3.8) is 0 Å². The average molecular weight is 326 g/mol. The molecule has 7 heteroatoms. The molecule has 0 aliphatic carbocycles. The number of imidazole rings is 1. The molecule has 0 aliphatic heterocycles. The van der Waals surface area contributed by atoms with Crippen LogP contribution in [0.3, 0.4) is 0 Å². The van der Waals surface area contributed by atoms with Gasteiger partial charge < -0.3 is 15.8 Å². The number of aromatic nitrogens is 4. The van der Waals surface area contributed by atoms with Crippen molar-refractivity contribution in [1.82, 2.24) is 19.5 Å². The molecule has 0 saturated carbocycles. The first-order valence-corrected chi connectivity index (χ1v) is 8.11. The summed E-state index contributed by atoms with van der Waals surface area (Å²) in [4.78, 5) is 13.2. The van der Waals surface area contributed by atoms with E-state index in [0.29, 0.717) is 42.1 Å². The van der Waals surface area contributed by atoms with Gasteiger partial charge in [0.05, 0.1) is 13.2 Å². The van der Waals surface area contributed by atoms with E-state index in [2.05, 4.69) is 39.3 Å². The van der Waals surface area contributed by atoms with Crippen molar-refractivity contribution >= 4 is 22.9 Å². The van der Waals surface area contributed by atoms with E-state index in [1.54, 1.807) is 0 Å². The molecule has 0 spiro atoms. The summed E-state index contributed by atoms with van der Waals surface area (Å²) in [6, 6.07) is 10.4. The van der Waals surface area contributed by atoms with Crippen LogP contribution in [0.5, 0.6) is 6.01 Å². The second kappa shape index (κ2) is 7.16. The summed E-state index contributed by atoms with van der Waals surface area (Å²) in [6.45, 7) is 3.32. The lowest BCUT2D eigenvalue weighted by molar-refractivity contribution is 0.286. The molecular weight excluding hydrogens is 304 g/mol. The molecule has 24 heavy (non-hydrogen) atoms. The normalized spacial score (nSPS) is 10.9. The number of fused-ring (bicyclic) bond motifs is 1. The SMILES string of the molecule is CCCCOc1nc(N)c2nc(NC)n(Cc3ccccc3)c2n1. The zero-order valence-electron chi connectivity index (χ0n) is 14.0. The highest BCUT2D eigenvalue weighted by Gasteiger charge is 2.16. The van der Waals surface area contributed by atoms with Gasteiger partial charge in [-0.3, -0.25) is 4.57 Å². The Balaban J connectivity index is 2.01. The number of nitrogens with zero attached hydrogens (tertiary/aromatic N) is 4. The van der Waals surface area contributed by atoms with E-state index in [1.165, 1.54) is 0 Å². The number of hydrogen-bond donors (Lipinski definition) is 2. The summed E-state index contributed by atoms with van der Waals surface area (Å²) in [5, 5.41) is 3.09. The number of rotatable bonds is 7. The van der Waals surface area contributed by atoms with Gasteiger partial charge in [0.2, 0.25) is 5.95 Å². The van der Waals surface area contributed by atoms with E-state index in [9.17, 15) is 0 Å². The van der Waals surface area contributed by atoms with Crippen LogP contribution in [0.25, 0.3) is 11.2 Å². The number of hydrogen-bond acceptors (Lipinski definition) is 6. The number of ether oxygens (including phenoxy) is 1. The molecular formula is C17H22N6O. The molecule has 3 aromatic rings. The van der Waals surface area contributed by atoms with Crippen LogP contribution in [0.2, 0.25) is 0 Å². The minimum atomic E-state index is 0.297. The molecule has 2 aromatic heterocycles. The van der Waals surface area contributed by atoms with Crippen molar-refractivity contribution in [2.45, 2.75) is 26.3 Å². The molecule has 7 nitrogen and oxygen atoms in total. The van der Waals surface area contributed by atoms with Crippen LogP contribution in [0, 0.1) is 0 Å². The van der Waals surface area contributed by atoms with Gasteiger partial charge in [0.25, 0.3) is 0 Å². The van der Waals surface area contributed by atoms with Crippen molar-refractivity contribution in [3.05, 3.63) is 35.9 Å². The number of nitrogens with one attached hydrogen (secondary N) is 1. The van der Waals surface area contributed by atoms with E-state index in [0.717, 1.165) is 18.4 Å². The van der Waals surface area contributed by atoms with Gasteiger partial charge in [-0.15, -0.1) is 0 Å². The number of nitrogens with two attached hydrogens (primary N) is 1. The molecule has 3 N–H and O–H groups in total. The van der Waals surface area contributed by atoms with Crippen LogP contribution >= 0.6 is 0 Å². The van der Waals surface area contributed by atoms with Crippen LogP contribution in [0.1, 0.15) is 25.3 Å². The van der Waals surface area contributed by atoms with Gasteiger partial charge in [-0.2, -0.15) is 9.97 Å². The lowest BCUT2D eigenvalue weighted by Crippen LogP contribution is -2.07. The van der Waals surface area contributed by atoms with Gasteiger partial charge in [0.15, 0.2) is 17.0 Å². The second-order valence-electron chi connectivity index (χ2n) is 5.52. The molecule has 0 unspecified atom stereocenters. The Labute approximate surface area is 140 Å². The lowest BCUT2D eigenvalue weighted by Gasteiger charge is -2.09. The molecule has 3 rings (SSSR count). The van der Waals surface area contributed by atoms with Gasteiger partial charge in [-0.05, 0) is 12.0 Å². The minimum absolute atomic E-state index is 0.297. The second-order valence-corrected chi connectivity index (χ2v) is 5.52. The molecule has 1 aromatic carbocycles. The van der Waals surface area contributed by atoms with Gasteiger partial charge >= 0.3 is 6.01 Å². The summed E-state index contributed by atoms with van der Waals surface area (Å²) in [6.07, 6.45) is 2.00. The third-order valence-corrected chi connectivity index (χ3v) is 3.74. The molecule has 0 aliphatic rings. The molecule has 0 bridgehead atoms. The van der Waals surface area contributed by atoms with Crippen molar-refractivity contribution in [2.24, 2.45) is 0 Å². The Kier molecular flexibility index (Phi) is 4.79. The fourth-order valence-electron chi connectivity index (χ4n) is 2.48. The first-order chi connectivity index (χ1) is 11.7. The van der Waals surface area contributed by atoms with Gasteiger partial charge in [0.1, 0.15) is 0 Å². The summed E-state index contributed by atoms with van der Waals surface area (Å²) >= 11 is 0. The number of anilines is 2. The molecule has 0 fully saturated rings. The summed E-state index contributed by atoms with van der Waals surface area (Å²) < 4.78 is 7.60. The van der Waals surface area contributed by atoms with Gasteiger partial charge in [-0.1, -0.05) is 43.7 Å². The number of unbranched alkanes of at least 4 members (excludes halogenated alkanes) is 1. The quantitative estimate of drug-likeness (QED) is 0.649. The lowest BCUT2D eigenvalue weighted by atomic mass is 10.2. The molecule has 126 valence electrons. The van der Waals surface area contributed by atoms with Crippen LogP contribution in [0.4, 0.5) is 11.8 Å². The third-order valence-electron chi connectivity index (χ3n) is 3.74. The number of benzene rings is 1. The maximum atomic E-state index is 6.06. The zero-order chi connectivity index (χ0) is 16.9. The topological polar surface area (TPSA) is 90.9 Å². The van der Waals surface area contributed by atoms with E-state index in [4.69, 9.17) is 10.5 Å². The Bertz CT molecular complexity index is 815. The van der Waals surface area contributed by atoms with E-state index in [1.807, 2.05) is 29.8 Å². The van der Waals surface area contributed by atoms with Gasteiger partial charge in [0, 0.05) is 7.05 Å². The Morgan fingerprint density at radius 3 is 2.67 bits per heavy atom. The van der Waals surface area contributed by atoms with E-state index in [-0.39, 0.29) is 0 Å². The molecule has 0 radical (unpaired) electrons. The predicted molar refractivity (Wildman–Crippen MR) is 95.2 cm³/mol. The molecule has 0 amide bonds. The van der Waals surface area contributed by atoms with E-state index < -0.39 is 0 Å². The average Bonchev–Trinajstić information content (AvgIpc) is 2.94. The Morgan fingerprint density at radius 2 is 1.96 bits per heavy atom. The highest BCUT2D eigenvalue weighted by Crippen LogP contribution is 2.25. The van der Waals surface area contributed by atoms with Crippen LogP contribution in [0.15, 0.2) is 30.3 Å². The predicted octanol–water partition coefficient (Wildman–Crippen LogP) is 2.68. The first-order valence-electron chi connectivity index (χ1n) is 8.11. The smallest absolute Gasteiger partial charge is 0.320 e. The molecule has 0 atom stereocenters. The van der Waals surface area contributed by atoms with Gasteiger partial charge in [-0.25, -0.2) is 4.98 Å². The maximum Gasteiger partial charge on any atom is 0.320 e. The van der Waals surface area contributed by atoms with Crippen molar-refractivity contribution < 1.29 is 4.74 Å². The molecule has 2 heterocycles.